The molecule has 2 aromatic carbocycles. The van der Waals surface area contributed by atoms with Crippen LogP contribution in [-0.2, 0) is 25.6 Å². The number of fused-ring (bicyclic) bond motifs is 3. The number of amides is 2. The number of hydrogen-bond acceptors (Lipinski definition) is 10. The Kier molecular flexibility index (Phi) is 7.86. The van der Waals surface area contributed by atoms with E-state index in [-0.39, 0.29) is 42.2 Å². The molecule has 43 heavy (non-hydrogen) atoms. The van der Waals surface area contributed by atoms with Crippen LogP contribution in [-0.4, -0.2) is 89.5 Å². The minimum atomic E-state index is -1.24. The number of phenolic OH excluding ortho intramolecular Hbond substituents is 1. The minimum absolute atomic E-state index is 0.0244. The van der Waals surface area contributed by atoms with E-state index in [2.05, 4.69) is 5.32 Å². The molecular formula is C31H34N4O8. The number of Topliss-reactive ketones (excluding diaryl/α,β-unsaturated/α-hetero) is 2. The normalized spacial score (nSPS) is 23.3. The third-order valence-electron chi connectivity index (χ3n) is 8.61. The van der Waals surface area contributed by atoms with E-state index in [1.54, 1.807) is 56.4 Å². The second-order valence-corrected chi connectivity index (χ2v) is 11.4. The van der Waals surface area contributed by atoms with Crippen molar-refractivity contribution in [1.29, 1.82) is 0 Å². The number of hydroxylamine groups is 2. The molecule has 0 heterocycles. The molecule has 0 radical (unpaired) electrons. The quantitative estimate of drug-likeness (QED) is 0.236. The molecule has 0 aromatic heterocycles. The first-order valence-electron chi connectivity index (χ1n) is 13.8. The number of aliphatic hydroxyl groups excluding tert-OH is 2. The molecule has 0 saturated carbocycles. The van der Waals surface area contributed by atoms with Crippen LogP contribution in [0.25, 0.3) is 11.1 Å². The average molecular weight is 591 g/mol. The lowest BCUT2D eigenvalue weighted by Crippen LogP contribution is -2.53. The summed E-state index contributed by atoms with van der Waals surface area (Å²) in [7, 11) is 6.46. The molecule has 0 bridgehead atoms. The second-order valence-electron chi connectivity index (χ2n) is 11.4. The van der Waals surface area contributed by atoms with Gasteiger partial charge in [0.05, 0.1) is 24.6 Å². The zero-order valence-corrected chi connectivity index (χ0v) is 24.2. The van der Waals surface area contributed by atoms with E-state index in [0.717, 1.165) is 5.56 Å². The van der Waals surface area contributed by atoms with Gasteiger partial charge in [0.15, 0.2) is 11.6 Å². The number of allylic oxidation sites excluding steroid dienone is 2. The Bertz CT molecular complexity index is 1590. The van der Waals surface area contributed by atoms with E-state index < -0.39 is 58.4 Å². The third kappa shape index (κ3) is 5.07. The van der Waals surface area contributed by atoms with Crippen molar-refractivity contribution in [2.45, 2.75) is 18.9 Å². The summed E-state index contributed by atoms with van der Waals surface area (Å²) in [4.78, 5) is 58.3. The Morgan fingerprint density at radius 2 is 1.70 bits per heavy atom. The van der Waals surface area contributed by atoms with Crippen LogP contribution in [0.5, 0.6) is 5.75 Å². The minimum Gasteiger partial charge on any atom is -0.511 e. The first-order valence-corrected chi connectivity index (χ1v) is 13.8. The molecule has 0 fully saturated rings. The molecule has 5 rings (SSSR count). The van der Waals surface area contributed by atoms with E-state index in [9.17, 15) is 34.5 Å². The molecule has 0 saturated heterocycles. The van der Waals surface area contributed by atoms with Crippen LogP contribution in [0.15, 0.2) is 59.1 Å². The summed E-state index contributed by atoms with van der Waals surface area (Å²) < 4.78 is 0. The summed E-state index contributed by atoms with van der Waals surface area (Å²) in [5.74, 6) is -6.33. The predicted octanol–water partition coefficient (Wildman–Crippen LogP) is 2.10. The van der Waals surface area contributed by atoms with Crippen LogP contribution in [0.1, 0.15) is 22.3 Å². The number of primary amides is 1. The Morgan fingerprint density at radius 3 is 2.30 bits per heavy atom. The van der Waals surface area contributed by atoms with Gasteiger partial charge in [-0.1, -0.05) is 18.2 Å². The fraction of sp³-hybridized carbons (Fsp3) is 0.355. The monoisotopic (exact) mass is 590 g/mol. The molecule has 12 heteroatoms. The number of hydrogen-bond donors (Lipinski definition) is 5. The molecular weight excluding hydrogens is 556 g/mol. The highest BCUT2D eigenvalue weighted by Gasteiger charge is 2.54. The summed E-state index contributed by atoms with van der Waals surface area (Å²) in [5, 5.41) is 37.3. The Morgan fingerprint density at radius 1 is 1.02 bits per heavy atom. The van der Waals surface area contributed by atoms with E-state index in [0.29, 0.717) is 16.8 Å². The van der Waals surface area contributed by atoms with Crippen molar-refractivity contribution in [3.8, 4) is 16.9 Å². The van der Waals surface area contributed by atoms with Gasteiger partial charge < -0.3 is 31.2 Å². The lowest BCUT2D eigenvalue weighted by atomic mass is 9.60. The van der Waals surface area contributed by atoms with Gasteiger partial charge in [0.1, 0.15) is 29.4 Å². The van der Waals surface area contributed by atoms with Crippen molar-refractivity contribution in [1.82, 2.24) is 9.96 Å². The highest BCUT2D eigenvalue weighted by molar-refractivity contribution is 6.22. The van der Waals surface area contributed by atoms with Crippen LogP contribution in [0.2, 0.25) is 0 Å². The van der Waals surface area contributed by atoms with Crippen molar-refractivity contribution in [2.24, 2.45) is 23.5 Å². The standard InChI is InChI=1S/C31H34N4O8/c1-34(2)26-19-12-15-11-18-17(14-5-7-16(8-6-14)33-21(37)13-35(3)43-4)9-10-20(36)23(18)27(38)22(15)28(39)24(19)29(40)25(30(26)41)31(32)42/h5-10,15,19,24,26,36,39,41H,11-13H2,1-4H3,(H2,32,42)(H,33,37)/t15-,19+,24?,26+/m0/s1. The first kappa shape index (κ1) is 30.0. The third-order valence-corrected chi connectivity index (χ3v) is 8.61. The number of nitrogens with one attached hydrogen (secondary N) is 1. The number of aromatic hydroxyl groups is 1. The van der Waals surface area contributed by atoms with Gasteiger partial charge in [0.25, 0.3) is 5.91 Å². The molecule has 2 amide bonds. The maximum absolute atomic E-state index is 13.9. The Labute approximate surface area is 248 Å². The average Bonchev–Trinajstić information content (AvgIpc) is 2.92. The van der Waals surface area contributed by atoms with Crippen LogP contribution in [0.3, 0.4) is 0 Å². The number of benzene rings is 2. The summed E-state index contributed by atoms with van der Waals surface area (Å²) >= 11 is 0. The number of phenols is 1. The maximum Gasteiger partial charge on any atom is 0.255 e. The second kappa shape index (κ2) is 11.3. The van der Waals surface area contributed by atoms with Gasteiger partial charge in [0.2, 0.25) is 5.91 Å². The number of aliphatic hydroxyl groups is 2. The smallest absolute Gasteiger partial charge is 0.255 e. The molecule has 2 aromatic rings. The molecule has 4 atom stereocenters. The molecule has 3 aliphatic carbocycles. The van der Waals surface area contributed by atoms with E-state index in [4.69, 9.17) is 10.6 Å². The molecule has 3 aliphatic rings. The van der Waals surface area contributed by atoms with E-state index >= 15 is 0 Å². The van der Waals surface area contributed by atoms with Crippen molar-refractivity contribution in [3.63, 3.8) is 0 Å². The van der Waals surface area contributed by atoms with Gasteiger partial charge in [-0.3, -0.25) is 24.1 Å². The van der Waals surface area contributed by atoms with Crippen molar-refractivity contribution < 1.29 is 39.3 Å². The zero-order chi connectivity index (χ0) is 31.3. The fourth-order valence-electron chi connectivity index (χ4n) is 6.74. The maximum atomic E-state index is 13.9. The molecule has 1 unspecified atom stereocenters. The largest absolute Gasteiger partial charge is 0.511 e. The van der Waals surface area contributed by atoms with Crippen molar-refractivity contribution in [2.75, 3.05) is 40.1 Å². The first-order chi connectivity index (χ1) is 20.3. The molecule has 226 valence electrons. The number of nitrogens with zero attached hydrogens (tertiary/aromatic N) is 2. The predicted molar refractivity (Wildman–Crippen MR) is 156 cm³/mol. The van der Waals surface area contributed by atoms with Crippen LogP contribution >= 0.6 is 0 Å². The molecule has 0 spiro atoms. The summed E-state index contributed by atoms with van der Waals surface area (Å²) in [6.45, 7) is 0.0372. The number of nitrogens with two attached hydrogens (primary N) is 1. The molecule has 0 aliphatic heterocycles. The van der Waals surface area contributed by atoms with Gasteiger partial charge in [-0.15, -0.1) is 0 Å². The van der Waals surface area contributed by atoms with Gasteiger partial charge in [0, 0.05) is 18.3 Å². The number of carbonyl (C=O) groups excluding carboxylic acids is 4. The molecule has 12 nitrogen and oxygen atoms in total. The fourth-order valence-corrected chi connectivity index (χ4v) is 6.74. The highest BCUT2D eigenvalue weighted by atomic mass is 16.7. The van der Waals surface area contributed by atoms with Crippen LogP contribution in [0, 0.1) is 17.8 Å². The van der Waals surface area contributed by atoms with Gasteiger partial charge in [-0.2, -0.15) is 5.06 Å². The van der Waals surface area contributed by atoms with Gasteiger partial charge in [-0.25, -0.2) is 0 Å². The zero-order valence-electron chi connectivity index (χ0n) is 24.2. The number of ketones is 2. The van der Waals surface area contributed by atoms with Crippen molar-refractivity contribution in [3.05, 3.63) is 70.2 Å². The van der Waals surface area contributed by atoms with E-state index in [1.807, 2.05) is 0 Å². The summed E-state index contributed by atoms with van der Waals surface area (Å²) in [6, 6.07) is 9.38. The lowest BCUT2D eigenvalue weighted by molar-refractivity contribution is -0.137. The SMILES string of the molecule is CON(C)CC(=O)Nc1ccc(-c2ccc(O)c3c2C[C@H]2C[C@@H]4C(C(=O)C(C(N)=O)=C(O)[C@@H]4N(C)C)C(O)=C2C3=O)cc1. The lowest BCUT2D eigenvalue weighted by Gasteiger charge is -2.46. The van der Waals surface area contributed by atoms with Gasteiger partial charge in [-0.05, 0) is 73.7 Å². The Balaban J connectivity index is 1.53. The highest BCUT2D eigenvalue weighted by Crippen LogP contribution is 2.51. The Hall–Kier alpha value is -4.52. The summed E-state index contributed by atoms with van der Waals surface area (Å²) in [6.07, 6.45) is 0.534. The number of anilines is 1. The van der Waals surface area contributed by atoms with Crippen LogP contribution < -0.4 is 11.1 Å². The van der Waals surface area contributed by atoms with Crippen LogP contribution in [0.4, 0.5) is 5.69 Å². The van der Waals surface area contributed by atoms with Crippen molar-refractivity contribution >= 4 is 29.1 Å². The number of likely N-dealkylation sites (N-methyl/N-ethyl adjacent to an activating group) is 2. The molecule has 6 N–H and O–H groups in total. The van der Waals surface area contributed by atoms with Gasteiger partial charge >= 0.3 is 0 Å². The summed E-state index contributed by atoms with van der Waals surface area (Å²) in [5.41, 5.74) is 7.50. The number of rotatable bonds is 7. The number of carbonyl (C=O) groups is 4. The topological polar surface area (TPSA) is 183 Å². The van der Waals surface area contributed by atoms with E-state index in [1.165, 1.54) is 18.2 Å².